The van der Waals surface area contributed by atoms with Crippen molar-refractivity contribution in [2.45, 2.75) is 38.6 Å². The van der Waals surface area contributed by atoms with E-state index in [1.165, 1.54) is 0 Å². The van der Waals surface area contributed by atoms with Crippen LogP contribution in [0.15, 0.2) is 36.7 Å². The molecule has 134 valence electrons. The first-order chi connectivity index (χ1) is 12.2. The van der Waals surface area contributed by atoms with E-state index in [0.29, 0.717) is 12.5 Å². The predicted octanol–water partition coefficient (Wildman–Crippen LogP) is 3.02. The van der Waals surface area contributed by atoms with E-state index >= 15 is 0 Å². The maximum absolute atomic E-state index is 12.5. The highest BCUT2D eigenvalue weighted by molar-refractivity contribution is 5.94. The fourth-order valence-electron chi connectivity index (χ4n) is 3.27. The van der Waals surface area contributed by atoms with Gasteiger partial charge in [0.05, 0.1) is 12.6 Å². The summed E-state index contributed by atoms with van der Waals surface area (Å²) in [6, 6.07) is 7.35. The SMILES string of the molecule is CCOc1ccc(NC(=O)[C@@H](C)N2CCC(c3ncc[nH]3)CC2)cc1. The van der Waals surface area contributed by atoms with Crippen molar-refractivity contribution in [3.63, 3.8) is 0 Å². The van der Waals surface area contributed by atoms with E-state index in [4.69, 9.17) is 4.74 Å². The summed E-state index contributed by atoms with van der Waals surface area (Å²) in [6.07, 6.45) is 5.71. The number of piperidine rings is 1. The van der Waals surface area contributed by atoms with Gasteiger partial charge in [-0.1, -0.05) is 0 Å². The standard InChI is InChI=1S/C19H26N4O2/c1-3-25-17-6-4-16(5-7-17)22-19(24)14(2)23-12-8-15(9-13-23)18-20-10-11-21-18/h4-7,10-11,14-15H,3,8-9,12-13H2,1-2H3,(H,20,21)(H,22,24)/t14-/m1/s1. The van der Waals surface area contributed by atoms with Crippen LogP contribution in [0, 0.1) is 0 Å². The fraction of sp³-hybridized carbons (Fsp3) is 0.474. The molecule has 0 bridgehead atoms. The Labute approximate surface area is 148 Å². The molecule has 1 atom stereocenters. The van der Waals surface area contributed by atoms with E-state index in [1.807, 2.05) is 44.3 Å². The van der Waals surface area contributed by atoms with Crippen LogP contribution in [0.5, 0.6) is 5.75 Å². The minimum absolute atomic E-state index is 0.0283. The number of nitrogens with zero attached hydrogens (tertiary/aromatic N) is 2. The number of aromatic nitrogens is 2. The van der Waals surface area contributed by atoms with Gasteiger partial charge >= 0.3 is 0 Å². The lowest BCUT2D eigenvalue weighted by Crippen LogP contribution is -2.45. The van der Waals surface area contributed by atoms with Crippen LogP contribution in [0.1, 0.15) is 38.4 Å². The number of amides is 1. The number of anilines is 1. The first-order valence-electron chi connectivity index (χ1n) is 8.94. The average Bonchev–Trinajstić information content (AvgIpc) is 3.18. The summed E-state index contributed by atoms with van der Waals surface area (Å²) in [4.78, 5) is 22.3. The maximum atomic E-state index is 12.5. The Morgan fingerprint density at radius 2 is 2.08 bits per heavy atom. The Bertz CT molecular complexity index is 661. The first-order valence-corrected chi connectivity index (χ1v) is 8.94. The lowest BCUT2D eigenvalue weighted by Gasteiger charge is -2.34. The third kappa shape index (κ3) is 4.39. The molecule has 1 saturated heterocycles. The fourth-order valence-corrected chi connectivity index (χ4v) is 3.27. The van der Waals surface area contributed by atoms with Crippen molar-refractivity contribution < 1.29 is 9.53 Å². The van der Waals surface area contributed by atoms with Gasteiger partial charge in [-0.2, -0.15) is 0 Å². The van der Waals surface area contributed by atoms with Crippen LogP contribution in [-0.2, 0) is 4.79 Å². The van der Waals surface area contributed by atoms with Crippen molar-refractivity contribution in [1.29, 1.82) is 0 Å². The lowest BCUT2D eigenvalue weighted by atomic mass is 9.95. The van der Waals surface area contributed by atoms with Crippen molar-refractivity contribution in [2.24, 2.45) is 0 Å². The molecule has 0 saturated carbocycles. The quantitative estimate of drug-likeness (QED) is 0.847. The number of benzene rings is 1. The van der Waals surface area contributed by atoms with Crippen molar-refractivity contribution in [3.8, 4) is 5.75 Å². The number of nitrogens with one attached hydrogen (secondary N) is 2. The van der Waals surface area contributed by atoms with Gasteiger partial charge in [-0.15, -0.1) is 0 Å². The number of aromatic amines is 1. The normalized spacial score (nSPS) is 17.2. The van der Waals surface area contributed by atoms with Gasteiger partial charge < -0.3 is 15.0 Å². The molecule has 2 aromatic rings. The molecule has 1 aliphatic rings. The summed E-state index contributed by atoms with van der Waals surface area (Å²) in [7, 11) is 0. The minimum atomic E-state index is -0.149. The van der Waals surface area contributed by atoms with Crippen molar-refractivity contribution in [2.75, 3.05) is 25.0 Å². The summed E-state index contributed by atoms with van der Waals surface area (Å²) in [5.41, 5.74) is 0.797. The Morgan fingerprint density at radius 1 is 1.36 bits per heavy atom. The van der Waals surface area contributed by atoms with Crippen LogP contribution < -0.4 is 10.1 Å². The highest BCUT2D eigenvalue weighted by Gasteiger charge is 2.28. The third-order valence-corrected chi connectivity index (χ3v) is 4.80. The summed E-state index contributed by atoms with van der Waals surface area (Å²) in [6.45, 7) is 6.37. The van der Waals surface area contributed by atoms with Gasteiger partial charge in [-0.3, -0.25) is 9.69 Å². The molecule has 1 aromatic heterocycles. The van der Waals surface area contributed by atoms with Gasteiger partial charge in [0.15, 0.2) is 0 Å². The molecule has 0 unspecified atom stereocenters. The summed E-state index contributed by atoms with van der Waals surface area (Å²) in [5.74, 6) is 2.37. The molecule has 1 aliphatic heterocycles. The topological polar surface area (TPSA) is 70.2 Å². The Balaban J connectivity index is 1.50. The molecule has 1 fully saturated rings. The van der Waals surface area contributed by atoms with E-state index in [0.717, 1.165) is 43.2 Å². The van der Waals surface area contributed by atoms with Gasteiger partial charge in [0.2, 0.25) is 5.91 Å². The third-order valence-electron chi connectivity index (χ3n) is 4.80. The number of carbonyl (C=O) groups excluding carboxylic acids is 1. The van der Waals surface area contributed by atoms with Gasteiger partial charge in [0.1, 0.15) is 11.6 Å². The van der Waals surface area contributed by atoms with Crippen molar-refractivity contribution in [3.05, 3.63) is 42.5 Å². The molecule has 1 aromatic carbocycles. The molecule has 0 radical (unpaired) electrons. The smallest absolute Gasteiger partial charge is 0.241 e. The number of carbonyl (C=O) groups is 1. The number of imidazole rings is 1. The van der Waals surface area contributed by atoms with Gasteiger partial charge in [0.25, 0.3) is 0 Å². The molecule has 2 N–H and O–H groups in total. The molecule has 6 heteroatoms. The van der Waals surface area contributed by atoms with E-state index in [9.17, 15) is 4.79 Å². The molecule has 0 aliphatic carbocycles. The largest absolute Gasteiger partial charge is 0.494 e. The molecular formula is C19H26N4O2. The molecule has 6 nitrogen and oxygen atoms in total. The Morgan fingerprint density at radius 3 is 2.68 bits per heavy atom. The molecule has 0 spiro atoms. The summed E-state index contributed by atoms with van der Waals surface area (Å²) in [5, 5.41) is 2.99. The average molecular weight is 342 g/mol. The van der Waals surface area contributed by atoms with Gasteiger partial charge in [0, 0.05) is 24.0 Å². The molecular weight excluding hydrogens is 316 g/mol. The zero-order valence-electron chi connectivity index (χ0n) is 14.9. The van der Waals surface area contributed by atoms with Gasteiger partial charge in [-0.25, -0.2) is 4.98 Å². The monoisotopic (exact) mass is 342 g/mol. The Kier molecular flexibility index (Phi) is 5.71. The number of hydrogen-bond acceptors (Lipinski definition) is 4. The number of likely N-dealkylation sites (tertiary alicyclic amines) is 1. The predicted molar refractivity (Wildman–Crippen MR) is 97.8 cm³/mol. The number of H-pyrrole nitrogens is 1. The number of rotatable bonds is 6. The second-order valence-electron chi connectivity index (χ2n) is 6.41. The van der Waals surface area contributed by atoms with Gasteiger partial charge in [-0.05, 0) is 64.0 Å². The Hall–Kier alpha value is -2.34. The van der Waals surface area contributed by atoms with Crippen molar-refractivity contribution >= 4 is 11.6 Å². The van der Waals surface area contributed by atoms with E-state index in [-0.39, 0.29) is 11.9 Å². The van der Waals surface area contributed by atoms with Crippen LogP contribution in [0.3, 0.4) is 0 Å². The van der Waals surface area contributed by atoms with Crippen LogP contribution in [-0.4, -0.2) is 46.5 Å². The molecule has 3 rings (SSSR count). The number of hydrogen-bond donors (Lipinski definition) is 2. The molecule has 2 heterocycles. The van der Waals surface area contributed by atoms with Crippen LogP contribution in [0.25, 0.3) is 0 Å². The second kappa shape index (κ2) is 8.16. The molecule has 1 amide bonds. The van der Waals surface area contributed by atoms with Crippen molar-refractivity contribution in [1.82, 2.24) is 14.9 Å². The van der Waals surface area contributed by atoms with Crippen LogP contribution in [0.2, 0.25) is 0 Å². The highest BCUT2D eigenvalue weighted by Crippen LogP contribution is 2.26. The van der Waals surface area contributed by atoms with E-state index in [2.05, 4.69) is 20.2 Å². The summed E-state index contributed by atoms with van der Waals surface area (Å²) < 4.78 is 5.42. The van der Waals surface area contributed by atoms with Crippen LogP contribution >= 0.6 is 0 Å². The zero-order valence-corrected chi connectivity index (χ0v) is 14.9. The second-order valence-corrected chi connectivity index (χ2v) is 6.41. The van der Waals surface area contributed by atoms with Crippen LogP contribution in [0.4, 0.5) is 5.69 Å². The first kappa shape index (κ1) is 17.5. The minimum Gasteiger partial charge on any atom is -0.494 e. The summed E-state index contributed by atoms with van der Waals surface area (Å²) >= 11 is 0. The maximum Gasteiger partial charge on any atom is 0.241 e. The molecule has 25 heavy (non-hydrogen) atoms. The van der Waals surface area contributed by atoms with E-state index in [1.54, 1.807) is 6.20 Å². The lowest BCUT2D eigenvalue weighted by molar-refractivity contribution is -0.121. The highest BCUT2D eigenvalue weighted by atomic mass is 16.5. The zero-order chi connectivity index (χ0) is 17.6. The number of ether oxygens (including phenoxy) is 1. The van der Waals surface area contributed by atoms with E-state index < -0.39 is 0 Å².